The first kappa shape index (κ1) is 12.4. The number of nitrogens with zero attached hydrogens (tertiary/aromatic N) is 2. The van der Waals surface area contributed by atoms with Crippen LogP contribution in [-0.4, -0.2) is 28.9 Å². The molecule has 1 saturated heterocycles. The third kappa shape index (κ3) is 2.60. The van der Waals surface area contributed by atoms with Crippen LogP contribution in [0.15, 0.2) is 18.3 Å². The summed E-state index contributed by atoms with van der Waals surface area (Å²) < 4.78 is 0. The predicted octanol–water partition coefficient (Wildman–Crippen LogP) is 2.85. The van der Waals surface area contributed by atoms with Gasteiger partial charge in [0, 0.05) is 19.3 Å². The van der Waals surface area contributed by atoms with Gasteiger partial charge >= 0.3 is 0 Å². The lowest BCUT2D eigenvalue weighted by Gasteiger charge is -2.18. The third-order valence-electron chi connectivity index (χ3n) is 3.44. The molecule has 17 heavy (non-hydrogen) atoms. The Balaban J connectivity index is 2.10. The number of carbonyl (C=O) groups is 1. The topological polar surface area (TPSA) is 33.2 Å². The Morgan fingerprint density at radius 1 is 1.59 bits per heavy atom. The second-order valence-electron chi connectivity index (χ2n) is 4.89. The fourth-order valence-corrected chi connectivity index (χ4v) is 2.43. The van der Waals surface area contributed by atoms with Gasteiger partial charge in [-0.1, -0.05) is 25.4 Å². The van der Waals surface area contributed by atoms with Gasteiger partial charge in [-0.3, -0.25) is 4.79 Å². The van der Waals surface area contributed by atoms with E-state index in [-0.39, 0.29) is 5.91 Å². The maximum atomic E-state index is 12.2. The van der Waals surface area contributed by atoms with Crippen LogP contribution >= 0.6 is 11.6 Å². The van der Waals surface area contributed by atoms with Crippen molar-refractivity contribution in [3.8, 4) is 0 Å². The largest absolute Gasteiger partial charge is 0.338 e. The number of carbonyl (C=O) groups excluding carboxylic acids is 1. The van der Waals surface area contributed by atoms with Crippen LogP contribution in [0.2, 0.25) is 5.15 Å². The fourth-order valence-electron chi connectivity index (χ4n) is 2.23. The van der Waals surface area contributed by atoms with Gasteiger partial charge in [0.15, 0.2) is 0 Å². The molecule has 1 aromatic rings. The molecule has 1 amide bonds. The van der Waals surface area contributed by atoms with Crippen LogP contribution in [0.1, 0.15) is 30.6 Å². The van der Waals surface area contributed by atoms with Crippen molar-refractivity contribution >= 4 is 17.5 Å². The molecule has 0 aliphatic carbocycles. The highest BCUT2D eigenvalue weighted by molar-refractivity contribution is 6.32. The van der Waals surface area contributed by atoms with Crippen molar-refractivity contribution in [2.45, 2.75) is 20.3 Å². The molecule has 1 aliphatic heterocycles. The van der Waals surface area contributed by atoms with Crippen molar-refractivity contribution in [1.29, 1.82) is 0 Å². The Morgan fingerprint density at radius 3 is 2.94 bits per heavy atom. The second kappa shape index (κ2) is 5.05. The van der Waals surface area contributed by atoms with Gasteiger partial charge in [-0.25, -0.2) is 4.98 Å². The summed E-state index contributed by atoms with van der Waals surface area (Å²) >= 11 is 5.94. The summed E-state index contributed by atoms with van der Waals surface area (Å²) in [5.41, 5.74) is 0.513. The molecule has 1 atom stereocenters. The van der Waals surface area contributed by atoms with Gasteiger partial charge in [-0.05, 0) is 30.4 Å². The van der Waals surface area contributed by atoms with Gasteiger partial charge in [0.25, 0.3) is 5.91 Å². The number of pyridine rings is 1. The molecular formula is C13H17ClN2O. The molecule has 0 N–H and O–H groups in total. The van der Waals surface area contributed by atoms with Crippen LogP contribution in [0.25, 0.3) is 0 Å². The van der Waals surface area contributed by atoms with Crippen molar-refractivity contribution < 1.29 is 4.79 Å². The van der Waals surface area contributed by atoms with Crippen LogP contribution < -0.4 is 0 Å². The van der Waals surface area contributed by atoms with Gasteiger partial charge in [0.2, 0.25) is 0 Å². The highest BCUT2D eigenvalue weighted by Gasteiger charge is 2.29. The first-order valence-corrected chi connectivity index (χ1v) is 6.37. The molecule has 1 aromatic heterocycles. The van der Waals surface area contributed by atoms with E-state index in [1.165, 1.54) is 0 Å². The van der Waals surface area contributed by atoms with E-state index in [0.717, 1.165) is 19.5 Å². The number of rotatable bonds is 2. The van der Waals surface area contributed by atoms with Gasteiger partial charge in [0.1, 0.15) is 5.15 Å². The first-order valence-electron chi connectivity index (χ1n) is 5.99. The van der Waals surface area contributed by atoms with Gasteiger partial charge in [-0.2, -0.15) is 0 Å². The molecular weight excluding hydrogens is 236 g/mol. The standard InChI is InChI=1S/C13H17ClN2O/c1-9(2)10-5-7-16(8-10)13(17)11-4-3-6-15-12(11)14/h3-4,6,9-10H,5,7-8H2,1-2H3. The average molecular weight is 253 g/mol. The fraction of sp³-hybridized carbons (Fsp3) is 0.538. The van der Waals surface area contributed by atoms with Crippen LogP contribution in [0.3, 0.4) is 0 Å². The van der Waals surface area contributed by atoms with E-state index in [2.05, 4.69) is 18.8 Å². The summed E-state index contributed by atoms with van der Waals surface area (Å²) in [6, 6.07) is 3.48. The van der Waals surface area contributed by atoms with E-state index < -0.39 is 0 Å². The third-order valence-corrected chi connectivity index (χ3v) is 3.75. The molecule has 4 heteroatoms. The number of aromatic nitrogens is 1. The average Bonchev–Trinajstić information content (AvgIpc) is 2.78. The van der Waals surface area contributed by atoms with Gasteiger partial charge < -0.3 is 4.90 Å². The summed E-state index contributed by atoms with van der Waals surface area (Å²) in [6.45, 7) is 6.07. The number of amides is 1. The molecule has 0 aromatic carbocycles. The van der Waals surface area contributed by atoms with E-state index in [1.54, 1.807) is 18.3 Å². The normalized spacial score (nSPS) is 20.0. The lowest BCUT2D eigenvalue weighted by Crippen LogP contribution is -2.29. The zero-order chi connectivity index (χ0) is 12.4. The highest BCUT2D eigenvalue weighted by atomic mass is 35.5. The van der Waals surface area contributed by atoms with Gasteiger partial charge in [-0.15, -0.1) is 0 Å². The Hall–Kier alpha value is -1.09. The van der Waals surface area contributed by atoms with E-state index in [9.17, 15) is 4.79 Å². The first-order chi connectivity index (χ1) is 8.09. The highest BCUT2D eigenvalue weighted by Crippen LogP contribution is 2.25. The quantitative estimate of drug-likeness (QED) is 0.759. The number of hydrogen-bond donors (Lipinski definition) is 0. The molecule has 1 aliphatic rings. The monoisotopic (exact) mass is 252 g/mol. The smallest absolute Gasteiger partial charge is 0.256 e. The van der Waals surface area contributed by atoms with E-state index in [1.807, 2.05) is 4.90 Å². The number of halogens is 1. The van der Waals surface area contributed by atoms with E-state index >= 15 is 0 Å². The lowest BCUT2D eigenvalue weighted by atomic mass is 9.95. The van der Waals surface area contributed by atoms with E-state index in [0.29, 0.717) is 22.6 Å². The molecule has 0 radical (unpaired) electrons. The van der Waals surface area contributed by atoms with Crippen LogP contribution in [0.4, 0.5) is 0 Å². The molecule has 2 rings (SSSR count). The zero-order valence-electron chi connectivity index (χ0n) is 10.2. The molecule has 3 nitrogen and oxygen atoms in total. The Labute approximate surface area is 107 Å². The SMILES string of the molecule is CC(C)C1CCN(C(=O)c2cccnc2Cl)C1. The molecule has 1 fully saturated rings. The summed E-state index contributed by atoms with van der Waals surface area (Å²) in [5.74, 6) is 1.23. The summed E-state index contributed by atoms with van der Waals surface area (Å²) in [4.78, 5) is 18.1. The minimum absolute atomic E-state index is 0.00579. The lowest BCUT2D eigenvalue weighted by molar-refractivity contribution is 0.0784. The van der Waals surface area contributed by atoms with Crippen LogP contribution in [-0.2, 0) is 0 Å². The van der Waals surface area contributed by atoms with E-state index in [4.69, 9.17) is 11.6 Å². The molecule has 0 bridgehead atoms. The van der Waals surface area contributed by atoms with Gasteiger partial charge in [0.05, 0.1) is 5.56 Å². The molecule has 92 valence electrons. The summed E-state index contributed by atoms with van der Waals surface area (Å²) in [6.07, 6.45) is 2.68. The van der Waals surface area contributed by atoms with Crippen molar-refractivity contribution in [3.05, 3.63) is 29.0 Å². The Kier molecular flexibility index (Phi) is 3.67. The number of hydrogen-bond acceptors (Lipinski definition) is 2. The minimum atomic E-state index is 0.00579. The van der Waals surface area contributed by atoms with Crippen molar-refractivity contribution in [2.24, 2.45) is 11.8 Å². The summed E-state index contributed by atoms with van der Waals surface area (Å²) in [5, 5.41) is 0.297. The Morgan fingerprint density at radius 2 is 2.35 bits per heavy atom. The van der Waals surface area contributed by atoms with Crippen LogP contribution in [0.5, 0.6) is 0 Å². The zero-order valence-corrected chi connectivity index (χ0v) is 10.9. The maximum Gasteiger partial charge on any atom is 0.256 e. The molecule has 2 heterocycles. The van der Waals surface area contributed by atoms with Crippen molar-refractivity contribution in [3.63, 3.8) is 0 Å². The molecule has 1 unspecified atom stereocenters. The second-order valence-corrected chi connectivity index (χ2v) is 5.24. The minimum Gasteiger partial charge on any atom is -0.338 e. The summed E-state index contributed by atoms with van der Waals surface area (Å²) in [7, 11) is 0. The van der Waals surface area contributed by atoms with Crippen molar-refractivity contribution in [2.75, 3.05) is 13.1 Å². The Bertz CT molecular complexity index is 420. The van der Waals surface area contributed by atoms with Crippen molar-refractivity contribution in [1.82, 2.24) is 9.88 Å². The van der Waals surface area contributed by atoms with Crippen LogP contribution in [0, 0.1) is 11.8 Å². The molecule has 0 spiro atoms. The number of likely N-dealkylation sites (tertiary alicyclic amines) is 1. The predicted molar refractivity (Wildman–Crippen MR) is 68.1 cm³/mol. The molecule has 0 saturated carbocycles. The maximum absolute atomic E-state index is 12.2.